The number of benzene rings is 1. The van der Waals surface area contributed by atoms with E-state index in [1.165, 1.54) is 23.5 Å². The number of thiophene rings is 1. The van der Waals surface area contributed by atoms with Gasteiger partial charge >= 0.3 is 5.92 Å². The molecule has 4 aromatic heterocycles. The van der Waals surface area contributed by atoms with E-state index in [0.717, 1.165) is 17.6 Å². The highest BCUT2D eigenvalue weighted by atomic mass is 32.1. The molecule has 1 fully saturated rings. The van der Waals surface area contributed by atoms with Crippen molar-refractivity contribution >= 4 is 33.8 Å². The van der Waals surface area contributed by atoms with Gasteiger partial charge < -0.3 is 9.80 Å². The van der Waals surface area contributed by atoms with Gasteiger partial charge in [0.05, 0.1) is 15.3 Å². The number of alkyl halides is 2. The molecule has 0 N–H and O–H groups in total. The van der Waals surface area contributed by atoms with Gasteiger partial charge in [0.15, 0.2) is 5.65 Å². The highest BCUT2D eigenvalue weighted by Gasteiger charge is 2.40. The summed E-state index contributed by atoms with van der Waals surface area (Å²) in [6, 6.07) is 14.6. The maximum Gasteiger partial charge on any atom is 0.333 e. The van der Waals surface area contributed by atoms with Crippen LogP contribution in [0.3, 0.4) is 0 Å². The van der Waals surface area contributed by atoms with E-state index in [4.69, 9.17) is 0 Å². The predicted molar refractivity (Wildman–Crippen MR) is 132 cm³/mol. The Kier molecular flexibility index (Phi) is 5.45. The van der Waals surface area contributed by atoms with Gasteiger partial charge in [0, 0.05) is 43.3 Å². The molecule has 1 aliphatic rings. The lowest BCUT2D eigenvalue weighted by molar-refractivity contribution is 0.0307. The van der Waals surface area contributed by atoms with E-state index < -0.39 is 11.7 Å². The average Bonchev–Trinajstić information content (AvgIpc) is 3.56. The highest BCUT2D eigenvalue weighted by Crippen LogP contribution is 2.36. The monoisotopic (exact) mass is 505 g/mol. The summed E-state index contributed by atoms with van der Waals surface area (Å²) in [7, 11) is 2.03. The van der Waals surface area contributed by atoms with Crippen molar-refractivity contribution in [1.82, 2.24) is 34.6 Å². The zero-order valence-electron chi connectivity index (χ0n) is 19.3. The minimum Gasteiger partial charge on any atom is -0.335 e. The molecule has 1 saturated heterocycles. The molecule has 6 rings (SSSR count). The van der Waals surface area contributed by atoms with Crippen LogP contribution in [0.15, 0.2) is 60.8 Å². The van der Waals surface area contributed by atoms with Gasteiger partial charge in [-0.1, -0.05) is 12.1 Å². The molecule has 0 unspecified atom stereocenters. The van der Waals surface area contributed by atoms with E-state index in [2.05, 4.69) is 25.2 Å². The molecular formula is C25H21F2N7OS. The second-order valence-electron chi connectivity index (χ2n) is 8.76. The van der Waals surface area contributed by atoms with E-state index in [9.17, 15) is 4.79 Å². The second-order valence-corrected chi connectivity index (χ2v) is 9.84. The van der Waals surface area contributed by atoms with Crippen LogP contribution in [-0.2, 0) is 5.92 Å². The highest BCUT2D eigenvalue weighted by molar-refractivity contribution is 7.17. The molecule has 0 radical (unpaired) electrons. The standard InChI is InChI=1S/C25H21F2N7OS/c1-32-11-13-33(14-12-32)23(35)21-8-7-20(36-21)19-6-9-22-29-30-24(34(22)31-19)25(26,27)17-4-5-18-16(15-17)3-2-10-28-18/h2-10,15H,11-14H2,1H3. The zero-order valence-corrected chi connectivity index (χ0v) is 20.1. The van der Waals surface area contributed by atoms with Gasteiger partial charge in [-0.3, -0.25) is 9.78 Å². The van der Waals surface area contributed by atoms with Gasteiger partial charge in [0.2, 0.25) is 5.82 Å². The van der Waals surface area contributed by atoms with Crippen LogP contribution in [0.2, 0.25) is 0 Å². The Morgan fingerprint density at radius 3 is 2.67 bits per heavy atom. The Balaban J connectivity index is 1.33. The van der Waals surface area contributed by atoms with Crippen molar-refractivity contribution in [3.8, 4) is 10.6 Å². The number of likely N-dealkylation sites (N-methyl/N-ethyl adjacent to an activating group) is 1. The van der Waals surface area contributed by atoms with Crippen molar-refractivity contribution in [1.29, 1.82) is 0 Å². The number of piperazine rings is 1. The van der Waals surface area contributed by atoms with Crippen LogP contribution >= 0.6 is 11.3 Å². The molecule has 0 spiro atoms. The van der Waals surface area contributed by atoms with E-state index in [-0.39, 0.29) is 17.1 Å². The van der Waals surface area contributed by atoms with Crippen molar-refractivity contribution < 1.29 is 13.6 Å². The van der Waals surface area contributed by atoms with Crippen LogP contribution in [-0.4, -0.2) is 73.7 Å². The molecule has 5 aromatic rings. The topological polar surface area (TPSA) is 79.5 Å². The second kappa shape index (κ2) is 8.68. The molecule has 36 heavy (non-hydrogen) atoms. The Hall–Kier alpha value is -3.83. The summed E-state index contributed by atoms with van der Waals surface area (Å²) < 4.78 is 32.3. The lowest BCUT2D eigenvalue weighted by atomic mass is 10.0. The quantitative estimate of drug-likeness (QED) is 0.368. The first-order valence-electron chi connectivity index (χ1n) is 11.4. The lowest BCUT2D eigenvalue weighted by Crippen LogP contribution is -2.46. The van der Waals surface area contributed by atoms with Crippen LogP contribution in [0, 0.1) is 0 Å². The number of pyridine rings is 1. The first-order chi connectivity index (χ1) is 17.4. The summed E-state index contributed by atoms with van der Waals surface area (Å²) in [5, 5.41) is 12.7. The number of carbonyl (C=O) groups excluding carboxylic acids is 1. The molecule has 8 nitrogen and oxygen atoms in total. The molecule has 11 heteroatoms. The van der Waals surface area contributed by atoms with E-state index >= 15 is 8.78 Å². The van der Waals surface area contributed by atoms with Crippen molar-refractivity contribution in [2.45, 2.75) is 5.92 Å². The van der Waals surface area contributed by atoms with Crippen molar-refractivity contribution in [2.24, 2.45) is 0 Å². The van der Waals surface area contributed by atoms with Crippen molar-refractivity contribution in [3.05, 3.63) is 77.1 Å². The van der Waals surface area contributed by atoms with Crippen LogP contribution < -0.4 is 0 Å². The normalized spacial score (nSPS) is 15.1. The number of aromatic nitrogens is 5. The maximum atomic E-state index is 15.6. The smallest absolute Gasteiger partial charge is 0.333 e. The fourth-order valence-electron chi connectivity index (χ4n) is 4.27. The van der Waals surface area contributed by atoms with Gasteiger partial charge in [-0.05, 0) is 49.5 Å². The Morgan fingerprint density at radius 2 is 1.83 bits per heavy atom. The first kappa shape index (κ1) is 22.6. The molecule has 1 aromatic carbocycles. The lowest BCUT2D eigenvalue weighted by Gasteiger charge is -2.32. The third-order valence-corrected chi connectivity index (χ3v) is 7.46. The van der Waals surface area contributed by atoms with Crippen molar-refractivity contribution in [2.75, 3.05) is 33.2 Å². The number of halogens is 2. The number of amides is 1. The molecule has 0 aliphatic carbocycles. The fraction of sp³-hybridized carbons (Fsp3) is 0.240. The van der Waals surface area contributed by atoms with Gasteiger partial charge in [0.1, 0.15) is 5.69 Å². The minimum atomic E-state index is -3.44. The molecule has 5 heterocycles. The summed E-state index contributed by atoms with van der Waals surface area (Å²) in [5.41, 5.74) is 1.08. The largest absolute Gasteiger partial charge is 0.335 e. The van der Waals surface area contributed by atoms with Crippen LogP contribution in [0.5, 0.6) is 0 Å². The SMILES string of the molecule is CN1CCN(C(=O)c2ccc(-c3ccc4nnc(C(F)(F)c5ccc6ncccc6c5)n4n3)s2)CC1. The third-order valence-electron chi connectivity index (χ3n) is 6.37. The average molecular weight is 506 g/mol. The Bertz CT molecular complexity index is 1590. The summed E-state index contributed by atoms with van der Waals surface area (Å²) in [6.45, 7) is 3.02. The first-order valence-corrected chi connectivity index (χ1v) is 12.3. The van der Waals surface area contributed by atoms with Gasteiger partial charge in [-0.15, -0.1) is 21.5 Å². The van der Waals surface area contributed by atoms with Crippen LogP contribution in [0.4, 0.5) is 8.78 Å². The van der Waals surface area contributed by atoms with Crippen molar-refractivity contribution in [3.63, 3.8) is 0 Å². The molecule has 0 atom stereocenters. The number of hydrogen-bond acceptors (Lipinski definition) is 7. The summed E-state index contributed by atoms with van der Waals surface area (Å²) in [6.07, 6.45) is 1.62. The maximum absolute atomic E-state index is 15.6. The molecule has 0 bridgehead atoms. The Morgan fingerprint density at radius 1 is 1.00 bits per heavy atom. The molecular weight excluding hydrogens is 484 g/mol. The number of nitrogens with zero attached hydrogens (tertiary/aromatic N) is 7. The van der Waals surface area contributed by atoms with E-state index in [0.29, 0.717) is 39.4 Å². The zero-order chi connectivity index (χ0) is 24.9. The number of hydrogen-bond donors (Lipinski definition) is 0. The Labute approximate surface area is 208 Å². The minimum absolute atomic E-state index is 0.0252. The summed E-state index contributed by atoms with van der Waals surface area (Å²) in [5.74, 6) is -4.04. The van der Waals surface area contributed by atoms with E-state index in [1.807, 2.05) is 11.9 Å². The molecule has 1 aliphatic heterocycles. The molecule has 182 valence electrons. The number of fused-ring (bicyclic) bond motifs is 2. The summed E-state index contributed by atoms with van der Waals surface area (Å²) >= 11 is 1.29. The number of carbonyl (C=O) groups is 1. The van der Waals surface area contributed by atoms with Crippen LogP contribution in [0.25, 0.3) is 27.1 Å². The summed E-state index contributed by atoms with van der Waals surface area (Å²) in [4.78, 5) is 22.4. The predicted octanol–water partition coefficient (Wildman–Crippen LogP) is 3.93. The molecule has 0 saturated carbocycles. The van der Waals surface area contributed by atoms with E-state index in [1.54, 1.807) is 48.7 Å². The van der Waals surface area contributed by atoms with Gasteiger partial charge in [0.25, 0.3) is 5.91 Å². The third kappa shape index (κ3) is 3.90. The van der Waals surface area contributed by atoms with Gasteiger partial charge in [-0.2, -0.15) is 18.4 Å². The van der Waals surface area contributed by atoms with Gasteiger partial charge in [-0.25, -0.2) is 0 Å². The fourth-order valence-corrected chi connectivity index (χ4v) is 5.21. The number of rotatable bonds is 4. The van der Waals surface area contributed by atoms with Crippen LogP contribution in [0.1, 0.15) is 21.1 Å². The molecule has 1 amide bonds.